The predicted molar refractivity (Wildman–Crippen MR) is 94.6 cm³/mol. The number of rotatable bonds is 6. The van der Waals surface area contributed by atoms with Crippen molar-refractivity contribution >= 4 is 29.4 Å². The smallest absolute Gasteiger partial charge is 0.311 e. The van der Waals surface area contributed by atoms with Gasteiger partial charge in [-0.25, -0.2) is 9.50 Å². The first-order valence-corrected chi connectivity index (χ1v) is 9.22. The molecule has 0 aliphatic carbocycles. The van der Waals surface area contributed by atoms with Crippen LogP contribution < -0.4 is 5.32 Å². The van der Waals surface area contributed by atoms with Crippen LogP contribution in [0, 0.1) is 13.8 Å². The molecule has 2 aromatic heterocycles. The Hall–Kier alpha value is -2.16. The van der Waals surface area contributed by atoms with Gasteiger partial charge in [0.2, 0.25) is 5.16 Å². The molecule has 0 unspecified atom stereocenters. The van der Waals surface area contributed by atoms with E-state index in [-0.39, 0.29) is 18.4 Å². The molecule has 0 radical (unpaired) electrons. The number of aryl methyl sites for hydroxylation is 2. The van der Waals surface area contributed by atoms with Gasteiger partial charge in [-0.1, -0.05) is 11.8 Å². The van der Waals surface area contributed by atoms with Crippen LogP contribution in [0.15, 0.2) is 5.16 Å². The standard InChI is InChI=1S/C16H23N5O3S/c1-8(2)17-14(23)11(5)24-13(22)7-12-9(3)18-15-19-16(25-6)20-21(15)10(12)4/h8,11H,7H2,1-6H3,(H,17,23)/t11-/m1/s1. The predicted octanol–water partition coefficient (Wildman–Crippen LogP) is 1.46. The third-order valence-corrected chi connectivity index (χ3v) is 4.18. The molecule has 136 valence electrons. The molecule has 0 bridgehead atoms. The van der Waals surface area contributed by atoms with Gasteiger partial charge >= 0.3 is 5.97 Å². The zero-order chi connectivity index (χ0) is 18.7. The van der Waals surface area contributed by atoms with E-state index in [2.05, 4.69) is 20.4 Å². The number of thioether (sulfide) groups is 1. The fourth-order valence-electron chi connectivity index (χ4n) is 2.37. The van der Waals surface area contributed by atoms with Gasteiger partial charge in [-0.15, -0.1) is 5.10 Å². The minimum absolute atomic E-state index is 0.0114. The Morgan fingerprint density at radius 1 is 1.24 bits per heavy atom. The lowest BCUT2D eigenvalue weighted by atomic mass is 10.1. The molecule has 2 heterocycles. The maximum Gasteiger partial charge on any atom is 0.311 e. The quantitative estimate of drug-likeness (QED) is 0.611. The van der Waals surface area contributed by atoms with E-state index in [0.717, 1.165) is 11.3 Å². The summed E-state index contributed by atoms with van der Waals surface area (Å²) in [5.41, 5.74) is 2.21. The molecule has 0 spiro atoms. The van der Waals surface area contributed by atoms with Gasteiger partial charge < -0.3 is 10.1 Å². The molecule has 0 fully saturated rings. The summed E-state index contributed by atoms with van der Waals surface area (Å²) in [5.74, 6) is -0.295. The molecule has 2 rings (SSSR count). The number of carbonyl (C=O) groups excluding carboxylic acids is 2. The second-order valence-electron chi connectivity index (χ2n) is 6.04. The van der Waals surface area contributed by atoms with Gasteiger partial charge in [0.05, 0.1) is 6.42 Å². The highest BCUT2D eigenvalue weighted by atomic mass is 32.2. The number of hydrogen-bond donors (Lipinski definition) is 1. The van der Waals surface area contributed by atoms with Crippen LogP contribution in [0.3, 0.4) is 0 Å². The van der Waals surface area contributed by atoms with Crippen LogP contribution in [0.25, 0.3) is 5.78 Å². The second-order valence-corrected chi connectivity index (χ2v) is 6.82. The molecular formula is C16H23N5O3S. The number of hydrogen-bond acceptors (Lipinski definition) is 7. The number of esters is 1. The van der Waals surface area contributed by atoms with E-state index in [0.29, 0.717) is 16.6 Å². The van der Waals surface area contributed by atoms with Crippen LogP contribution in [0.2, 0.25) is 0 Å². The summed E-state index contributed by atoms with van der Waals surface area (Å²) in [6.07, 6.45) is 1.06. The van der Waals surface area contributed by atoms with Crippen molar-refractivity contribution in [2.24, 2.45) is 0 Å². The van der Waals surface area contributed by atoms with Gasteiger partial charge in [-0.3, -0.25) is 9.59 Å². The molecule has 0 aromatic carbocycles. The van der Waals surface area contributed by atoms with Crippen molar-refractivity contribution in [3.63, 3.8) is 0 Å². The largest absolute Gasteiger partial charge is 0.452 e. The number of nitrogens with zero attached hydrogens (tertiary/aromatic N) is 4. The third-order valence-electron chi connectivity index (χ3n) is 3.64. The van der Waals surface area contributed by atoms with Crippen molar-refractivity contribution < 1.29 is 14.3 Å². The second kappa shape index (κ2) is 7.81. The highest BCUT2D eigenvalue weighted by Crippen LogP contribution is 2.17. The van der Waals surface area contributed by atoms with E-state index in [9.17, 15) is 9.59 Å². The number of fused-ring (bicyclic) bond motifs is 1. The van der Waals surface area contributed by atoms with E-state index in [1.807, 2.05) is 34.0 Å². The highest BCUT2D eigenvalue weighted by Gasteiger charge is 2.21. The summed E-state index contributed by atoms with van der Waals surface area (Å²) in [5, 5.41) is 7.69. The maximum atomic E-state index is 12.2. The summed E-state index contributed by atoms with van der Waals surface area (Å²) in [7, 11) is 0. The molecule has 1 amide bonds. The van der Waals surface area contributed by atoms with Crippen molar-refractivity contribution in [3.05, 3.63) is 17.0 Å². The molecule has 0 aliphatic rings. The van der Waals surface area contributed by atoms with E-state index in [1.165, 1.54) is 11.8 Å². The first kappa shape index (κ1) is 19.2. The molecule has 9 heteroatoms. The zero-order valence-corrected chi connectivity index (χ0v) is 16.1. The van der Waals surface area contributed by atoms with Crippen LogP contribution in [0.4, 0.5) is 0 Å². The lowest BCUT2D eigenvalue weighted by Crippen LogP contribution is -2.39. The van der Waals surface area contributed by atoms with Crippen LogP contribution in [-0.4, -0.2) is 49.9 Å². The molecule has 0 aliphatic heterocycles. The molecule has 1 N–H and O–H groups in total. The summed E-state index contributed by atoms with van der Waals surface area (Å²) < 4.78 is 6.86. The fourth-order valence-corrected chi connectivity index (χ4v) is 2.71. The molecular weight excluding hydrogens is 342 g/mol. The summed E-state index contributed by atoms with van der Waals surface area (Å²) >= 11 is 1.43. The fraction of sp³-hybridized carbons (Fsp3) is 0.562. The number of nitrogens with one attached hydrogen (secondary N) is 1. The average molecular weight is 365 g/mol. The first-order chi connectivity index (χ1) is 11.7. The molecule has 8 nitrogen and oxygen atoms in total. The average Bonchev–Trinajstić information content (AvgIpc) is 2.93. The van der Waals surface area contributed by atoms with Crippen molar-refractivity contribution in [3.8, 4) is 0 Å². The van der Waals surface area contributed by atoms with E-state index in [1.54, 1.807) is 11.4 Å². The molecule has 0 saturated carbocycles. The topological polar surface area (TPSA) is 98.5 Å². The van der Waals surface area contributed by atoms with Crippen molar-refractivity contribution in [2.45, 2.75) is 58.3 Å². The van der Waals surface area contributed by atoms with Crippen molar-refractivity contribution in [1.82, 2.24) is 24.9 Å². The Bertz CT molecular complexity index is 803. The lowest BCUT2D eigenvalue weighted by molar-refractivity contribution is -0.154. The van der Waals surface area contributed by atoms with Crippen LogP contribution >= 0.6 is 11.8 Å². The normalized spacial score (nSPS) is 12.4. The summed E-state index contributed by atoms with van der Waals surface area (Å²) in [6.45, 7) is 8.93. The highest BCUT2D eigenvalue weighted by molar-refractivity contribution is 7.98. The van der Waals surface area contributed by atoms with Gasteiger partial charge in [-0.2, -0.15) is 4.98 Å². The first-order valence-electron chi connectivity index (χ1n) is 7.99. The molecule has 1 atom stereocenters. The Morgan fingerprint density at radius 3 is 2.52 bits per heavy atom. The van der Waals surface area contributed by atoms with E-state index in [4.69, 9.17) is 4.74 Å². The summed E-state index contributed by atoms with van der Waals surface area (Å²) in [6, 6.07) is -0.0114. The van der Waals surface area contributed by atoms with Crippen LogP contribution in [-0.2, 0) is 20.7 Å². The maximum absolute atomic E-state index is 12.2. The summed E-state index contributed by atoms with van der Waals surface area (Å²) in [4.78, 5) is 32.8. The molecule has 25 heavy (non-hydrogen) atoms. The SMILES string of the molecule is CSc1nc2nc(C)c(CC(=O)O[C@H](C)C(=O)NC(C)C)c(C)n2n1. The van der Waals surface area contributed by atoms with Crippen molar-refractivity contribution in [2.75, 3.05) is 6.26 Å². The van der Waals surface area contributed by atoms with E-state index < -0.39 is 12.1 Å². The van der Waals surface area contributed by atoms with Gasteiger partial charge in [0.25, 0.3) is 11.7 Å². The molecule has 0 saturated heterocycles. The number of carbonyl (C=O) groups is 2. The Balaban J connectivity index is 2.16. The zero-order valence-electron chi connectivity index (χ0n) is 15.3. The number of aromatic nitrogens is 4. The number of amides is 1. The van der Waals surface area contributed by atoms with E-state index >= 15 is 0 Å². The minimum atomic E-state index is -0.846. The van der Waals surface area contributed by atoms with Crippen molar-refractivity contribution in [1.29, 1.82) is 0 Å². The van der Waals surface area contributed by atoms with Gasteiger partial charge in [-0.05, 0) is 40.9 Å². The minimum Gasteiger partial charge on any atom is -0.452 e. The molecule has 2 aromatic rings. The van der Waals surface area contributed by atoms with Crippen LogP contribution in [0.5, 0.6) is 0 Å². The monoisotopic (exact) mass is 365 g/mol. The van der Waals surface area contributed by atoms with Crippen LogP contribution in [0.1, 0.15) is 37.7 Å². The Labute approximate surface area is 150 Å². The van der Waals surface area contributed by atoms with Gasteiger partial charge in [0, 0.05) is 23.0 Å². The van der Waals surface area contributed by atoms with Gasteiger partial charge in [0.1, 0.15) is 0 Å². The Kier molecular flexibility index (Phi) is 5.99. The lowest BCUT2D eigenvalue weighted by Gasteiger charge is -2.16. The van der Waals surface area contributed by atoms with Gasteiger partial charge in [0.15, 0.2) is 6.10 Å². The Morgan fingerprint density at radius 2 is 1.92 bits per heavy atom. The third kappa shape index (κ3) is 4.47. The number of ether oxygens (including phenoxy) is 1.